The Kier molecular flexibility index (Phi) is 4.05. The molecule has 3 heteroatoms. The van der Waals surface area contributed by atoms with Crippen LogP contribution in [0, 0.1) is 16.7 Å². The summed E-state index contributed by atoms with van der Waals surface area (Å²) in [5.74, 6) is 2.37. The molecule has 0 unspecified atom stereocenters. The number of likely N-dealkylation sites (tertiary alicyclic amines) is 1. The van der Waals surface area contributed by atoms with Crippen LogP contribution in [0.25, 0.3) is 0 Å². The van der Waals surface area contributed by atoms with Crippen molar-refractivity contribution in [1.29, 1.82) is 5.26 Å². The average molecular weight is 286 g/mol. The first-order chi connectivity index (χ1) is 9.68. The van der Waals surface area contributed by atoms with Crippen LogP contribution in [0.4, 0.5) is 0 Å². The van der Waals surface area contributed by atoms with Gasteiger partial charge in [0.1, 0.15) is 0 Å². The molecule has 2 nitrogen and oxygen atoms in total. The van der Waals surface area contributed by atoms with Crippen molar-refractivity contribution in [2.45, 2.75) is 44.2 Å². The largest absolute Gasteiger partial charge is 0.299 e. The van der Waals surface area contributed by atoms with E-state index in [-0.39, 0.29) is 5.41 Å². The summed E-state index contributed by atoms with van der Waals surface area (Å²) in [4.78, 5) is 2.54. The van der Waals surface area contributed by atoms with Crippen molar-refractivity contribution >= 4 is 11.8 Å². The van der Waals surface area contributed by atoms with Gasteiger partial charge >= 0.3 is 0 Å². The summed E-state index contributed by atoms with van der Waals surface area (Å²) in [6.07, 6.45) is 3.01. The Morgan fingerprint density at radius 1 is 1.25 bits per heavy atom. The molecular formula is C17H22N2S. The standard InChI is InChI=1S/C17H22N2S/c1-17(4-7-18)5-8-19(9-6-17)11-14-2-3-15-12-20-13-16(15)10-14/h2-3,10H,4-6,8-9,11-13H2,1H3. The van der Waals surface area contributed by atoms with E-state index in [1.165, 1.54) is 22.6 Å². The number of piperidine rings is 1. The van der Waals surface area contributed by atoms with E-state index in [0.29, 0.717) is 6.42 Å². The molecule has 0 atom stereocenters. The van der Waals surface area contributed by atoms with Crippen molar-refractivity contribution < 1.29 is 0 Å². The number of nitrogens with zero attached hydrogens (tertiary/aromatic N) is 2. The first kappa shape index (κ1) is 14.0. The van der Waals surface area contributed by atoms with Crippen LogP contribution in [0.15, 0.2) is 18.2 Å². The highest BCUT2D eigenvalue weighted by Crippen LogP contribution is 2.35. The quantitative estimate of drug-likeness (QED) is 0.842. The third kappa shape index (κ3) is 3.02. The fraction of sp³-hybridized carbons (Fsp3) is 0.588. The number of fused-ring (bicyclic) bond motifs is 1. The molecule has 1 aromatic rings. The summed E-state index contributed by atoms with van der Waals surface area (Å²) in [7, 11) is 0. The van der Waals surface area contributed by atoms with E-state index in [0.717, 1.165) is 32.5 Å². The lowest BCUT2D eigenvalue weighted by Crippen LogP contribution is -2.38. The second-order valence-corrected chi connectivity index (χ2v) is 7.50. The normalized spacial score (nSPS) is 21.4. The van der Waals surface area contributed by atoms with Gasteiger partial charge in [0.15, 0.2) is 0 Å². The first-order valence-electron chi connectivity index (χ1n) is 7.46. The highest BCUT2D eigenvalue weighted by molar-refractivity contribution is 7.98. The summed E-state index contributed by atoms with van der Waals surface area (Å²) in [5, 5.41) is 8.91. The van der Waals surface area contributed by atoms with E-state index in [9.17, 15) is 0 Å². The van der Waals surface area contributed by atoms with E-state index >= 15 is 0 Å². The Morgan fingerprint density at radius 3 is 2.75 bits per heavy atom. The van der Waals surface area contributed by atoms with Crippen molar-refractivity contribution in [3.8, 4) is 6.07 Å². The highest BCUT2D eigenvalue weighted by atomic mass is 32.2. The fourth-order valence-electron chi connectivity index (χ4n) is 3.20. The molecule has 0 bridgehead atoms. The number of benzene rings is 1. The zero-order valence-electron chi connectivity index (χ0n) is 12.2. The first-order valence-corrected chi connectivity index (χ1v) is 8.62. The molecule has 0 amide bonds. The lowest BCUT2D eigenvalue weighted by atomic mass is 9.78. The van der Waals surface area contributed by atoms with Gasteiger partial charge in [-0.05, 0) is 48.0 Å². The monoisotopic (exact) mass is 286 g/mol. The molecule has 2 heterocycles. The minimum atomic E-state index is 0.250. The maximum atomic E-state index is 8.91. The zero-order valence-corrected chi connectivity index (χ0v) is 13.0. The molecule has 1 saturated heterocycles. The predicted molar refractivity (Wildman–Crippen MR) is 84.3 cm³/mol. The Morgan fingerprint density at radius 2 is 2.00 bits per heavy atom. The number of hydrogen-bond donors (Lipinski definition) is 0. The van der Waals surface area contributed by atoms with Gasteiger partial charge in [0.05, 0.1) is 6.07 Å². The van der Waals surface area contributed by atoms with Crippen LogP contribution in [0.2, 0.25) is 0 Å². The summed E-state index contributed by atoms with van der Waals surface area (Å²) in [6.45, 7) is 5.59. The smallest absolute Gasteiger partial charge is 0.0627 e. The third-order valence-corrected chi connectivity index (χ3v) is 5.79. The molecule has 106 valence electrons. The molecule has 3 rings (SSSR count). The molecule has 2 aliphatic heterocycles. The summed E-state index contributed by atoms with van der Waals surface area (Å²) in [6, 6.07) is 9.36. The van der Waals surface area contributed by atoms with E-state index in [1.54, 1.807) is 5.56 Å². The lowest BCUT2D eigenvalue weighted by molar-refractivity contribution is 0.116. The lowest BCUT2D eigenvalue weighted by Gasteiger charge is -2.38. The summed E-state index contributed by atoms with van der Waals surface area (Å²) < 4.78 is 0. The van der Waals surface area contributed by atoms with Gasteiger partial charge in [-0.15, -0.1) is 0 Å². The molecule has 0 aromatic heterocycles. The average Bonchev–Trinajstić information content (AvgIpc) is 2.89. The fourth-order valence-corrected chi connectivity index (χ4v) is 4.29. The number of hydrogen-bond acceptors (Lipinski definition) is 3. The number of nitriles is 1. The van der Waals surface area contributed by atoms with Crippen molar-refractivity contribution in [2.75, 3.05) is 13.1 Å². The Bertz CT molecular complexity index is 524. The van der Waals surface area contributed by atoms with E-state index in [4.69, 9.17) is 5.26 Å². The van der Waals surface area contributed by atoms with Crippen LogP contribution in [0.5, 0.6) is 0 Å². The van der Waals surface area contributed by atoms with Crippen molar-refractivity contribution in [3.05, 3.63) is 34.9 Å². The molecule has 0 saturated carbocycles. The summed E-state index contributed by atoms with van der Waals surface area (Å²) in [5.41, 5.74) is 4.77. The van der Waals surface area contributed by atoms with Crippen molar-refractivity contribution in [2.24, 2.45) is 5.41 Å². The van der Waals surface area contributed by atoms with Crippen LogP contribution in [0.3, 0.4) is 0 Å². The third-order valence-electron chi connectivity index (χ3n) is 4.76. The molecule has 0 spiro atoms. The Hall–Kier alpha value is -0.980. The molecule has 2 aliphatic rings. The van der Waals surface area contributed by atoms with Gasteiger partial charge in [-0.1, -0.05) is 25.1 Å². The van der Waals surface area contributed by atoms with Gasteiger partial charge in [-0.2, -0.15) is 17.0 Å². The van der Waals surface area contributed by atoms with Crippen LogP contribution >= 0.6 is 11.8 Å². The number of thioether (sulfide) groups is 1. The molecule has 20 heavy (non-hydrogen) atoms. The van der Waals surface area contributed by atoms with Gasteiger partial charge in [0.25, 0.3) is 0 Å². The molecule has 1 aromatic carbocycles. The molecule has 1 fully saturated rings. The second-order valence-electron chi connectivity index (χ2n) is 6.52. The van der Waals surface area contributed by atoms with Gasteiger partial charge in [-0.3, -0.25) is 4.90 Å². The topological polar surface area (TPSA) is 27.0 Å². The van der Waals surface area contributed by atoms with E-state index in [1.807, 2.05) is 11.8 Å². The number of rotatable bonds is 3. The van der Waals surface area contributed by atoms with Crippen LogP contribution in [0.1, 0.15) is 42.9 Å². The maximum absolute atomic E-state index is 8.91. The SMILES string of the molecule is CC1(CC#N)CCN(Cc2ccc3c(c2)CSC3)CC1. The predicted octanol–water partition coefficient (Wildman–Crippen LogP) is 3.95. The zero-order chi connectivity index (χ0) is 14.0. The maximum Gasteiger partial charge on any atom is 0.0627 e. The molecule has 0 N–H and O–H groups in total. The molecule has 0 radical (unpaired) electrons. The molecule has 0 aliphatic carbocycles. The van der Waals surface area contributed by atoms with Gasteiger partial charge in [0, 0.05) is 24.5 Å². The minimum Gasteiger partial charge on any atom is -0.299 e. The van der Waals surface area contributed by atoms with E-state index in [2.05, 4.69) is 36.1 Å². The Labute approximate surface area is 126 Å². The summed E-state index contributed by atoms with van der Waals surface area (Å²) >= 11 is 2.02. The van der Waals surface area contributed by atoms with Crippen LogP contribution in [-0.2, 0) is 18.1 Å². The second kappa shape index (κ2) is 5.79. The Balaban J connectivity index is 1.59. The van der Waals surface area contributed by atoms with Gasteiger partial charge in [-0.25, -0.2) is 0 Å². The van der Waals surface area contributed by atoms with Crippen LogP contribution in [-0.4, -0.2) is 18.0 Å². The van der Waals surface area contributed by atoms with Crippen molar-refractivity contribution in [3.63, 3.8) is 0 Å². The van der Waals surface area contributed by atoms with Gasteiger partial charge < -0.3 is 0 Å². The van der Waals surface area contributed by atoms with Gasteiger partial charge in [0.2, 0.25) is 0 Å². The molecular weight excluding hydrogens is 264 g/mol. The van der Waals surface area contributed by atoms with E-state index < -0.39 is 0 Å². The van der Waals surface area contributed by atoms with Crippen LogP contribution < -0.4 is 0 Å². The highest BCUT2D eigenvalue weighted by Gasteiger charge is 2.29. The van der Waals surface area contributed by atoms with Crippen molar-refractivity contribution in [1.82, 2.24) is 4.90 Å². The minimum absolute atomic E-state index is 0.250.